The van der Waals surface area contributed by atoms with Gasteiger partial charge in [-0.25, -0.2) is 4.79 Å². The normalized spacial score (nSPS) is 17.1. The molecule has 1 fully saturated rings. The highest BCUT2D eigenvalue weighted by Crippen LogP contribution is 2.26. The minimum Gasteiger partial charge on any atom is -0.444 e. The predicted octanol–water partition coefficient (Wildman–Crippen LogP) is 6.34. The fourth-order valence-electron chi connectivity index (χ4n) is 5.68. The summed E-state index contributed by atoms with van der Waals surface area (Å²) in [6.07, 6.45) is 2.72. The summed E-state index contributed by atoms with van der Waals surface area (Å²) in [6, 6.07) is 22.6. The van der Waals surface area contributed by atoms with E-state index in [0.717, 1.165) is 53.1 Å². The molecular formula is C34H41N5O3. The molecule has 2 amide bonds. The van der Waals surface area contributed by atoms with Crippen LogP contribution in [-0.2, 0) is 11.3 Å². The second-order valence-corrected chi connectivity index (χ2v) is 12.1. The van der Waals surface area contributed by atoms with Crippen LogP contribution in [0, 0.1) is 5.41 Å². The zero-order valence-electron chi connectivity index (χ0n) is 24.9. The van der Waals surface area contributed by atoms with Crippen molar-refractivity contribution >= 4 is 39.5 Å². The maximum Gasteiger partial charge on any atom is 0.407 e. The van der Waals surface area contributed by atoms with E-state index in [1.807, 2.05) is 64.1 Å². The molecule has 0 spiro atoms. The number of nitrogens with one attached hydrogen (secondary N) is 4. The number of rotatable bonds is 7. The lowest BCUT2D eigenvalue weighted by atomic mass is 9.91. The Hall–Kier alpha value is -4.33. The molecule has 3 aromatic carbocycles. The number of amidine groups is 1. The summed E-state index contributed by atoms with van der Waals surface area (Å²) in [5.41, 5.74) is 2.86. The van der Waals surface area contributed by atoms with Crippen LogP contribution in [0.3, 0.4) is 0 Å². The van der Waals surface area contributed by atoms with Crippen molar-refractivity contribution in [1.82, 2.24) is 20.5 Å². The first kappa shape index (κ1) is 29.2. The van der Waals surface area contributed by atoms with Crippen molar-refractivity contribution in [1.29, 1.82) is 5.41 Å². The molecule has 1 aliphatic carbocycles. The number of hydrogen-bond donors (Lipinski definition) is 4. The maximum absolute atomic E-state index is 13.8. The van der Waals surface area contributed by atoms with E-state index in [1.54, 1.807) is 0 Å². The van der Waals surface area contributed by atoms with Crippen molar-refractivity contribution in [3.8, 4) is 0 Å². The Morgan fingerprint density at radius 1 is 0.881 bits per heavy atom. The third kappa shape index (κ3) is 6.93. The Kier molecular flexibility index (Phi) is 8.52. The zero-order valence-corrected chi connectivity index (χ0v) is 24.9. The summed E-state index contributed by atoms with van der Waals surface area (Å²) in [6.45, 7) is 8.72. The number of alkyl carbamates (subject to hydrolysis) is 1. The van der Waals surface area contributed by atoms with E-state index < -0.39 is 11.7 Å². The van der Waals surface area contributed by atoms with Gasteiger partial charge in [-0.2, -0.15) is 0 Å². The molecule has 8 heteroatoms. The largest absolute Gasteiger partial charge is 0.444 e. The lowest BCUT2D eigenvalue weighted by Crippen LogP contribution is -2.45. The number of fused-ring (bicyclic) bond motifs is 2. The Bertz CT molecular complexity index is 1610. The molecular weight excluding hydrogens is 526 g/mol. The van der Waals surface area contributed by atoms with E-state index in [9.17, 15) is 9.59 Å². The van der Waals surface area contributed by atoms with Gasteiger partial charge in [0.05, 0.1) is 0 Å². The monoisotopic (exact) mass is 567 g/mol. The van der Waals surface area contributed by atoms with E-state index in [4.69, 9.17) is 10.1 Å². The molecule has 1 aromatic heterocycles. The average Bonchev–Trinajstić information content (AvgIpc) is 3.30. The van der Waals surface area contributed by atoms with Gasteiger partial charge < -0.3 is 25.3 Å². The molecule has 4 aromatic rings. The summed E-state index contributed by atoms with van der Waals surface area (Å²) in [5.74, 6) is 0.249. The van der Waals surface area contributed by atoms with Crippen molar-refractivity contribution < 1.29 is 14.3 Å². The number of ether oxygens (including phenoxy) is 1. The van der Waals surface area contributed by atoms with Crippen LogP contribution < -0.4 is 16.0 Å². The fourth-order valence-corrected chi connectivity index (χ4v) is 5.68. The number of hydrogen-bond acceptors (Lipinski definition) is 4. The molecule has 0 atom stereocenters. The van der Waals surface area contributed by atoms with Gasteiger partial charge in [0.2, 0.25) is 0 Å². The molecule has 1 aliphatic rings. The lowest BCUT2D eigenvalue weighted by Gasteiger charge is -2.30. The van der Waals surface area contributed by atoms with Crippen LogP contribution in [0.4, 0.5) is 4.79 Å². The third-order valence-electron chi connectivity index (χ3n) is 7.72. The summed E-state index contributed by atoms with van der Waals surface area (Å²) in [5, 5.41) is 21.0. The summed E-state index contributed by atoms with van der Waals surface area (Å²) in [7, 11) is 0. The van der Waals surface area contributed by atoms with Crippen LogP contribution in [0.15, 0.2) is 66.7 Å². The summed E-state index contributed by atoms with van der Waals surface area (Å²) in [4.78, 5) is 26.0. The van der Waals surface area contributed by atoms with Crippen molar-refractivity contribution in [2.75, 3.05) is 6.54 Å². The van der Waals surface area contributed by atoms with Gasteiger partial charge in [-0.15, -0.1) is 0 Å². The zero-order chi connectivity index (χ0) is 29.9. The molecule has 4 N–H and O–H groups in total. The second kappa shape index (κ2) is 12.3. The van der Waals surface area contributed by atoms with Gasteiger partial charge >= 0.3 is 6.09 Å². The number of amides is 2. The maximum atomic E-state index is 13.8. The third-order valence-corrected chi connectivity index (χ3v) is 7.72. The SMILES string of the molecule is CCNC(=N)c1ccc2cc(C(=O)N[C@H]3CC[C@H](NC(=O)OC(C)(C)C)CC3)n(Cc3ccc4ccccc4c3)c2c1. The van der Waals surface area contributed by atoms with Crippen molar-refractivity contribution in [3.63, 3.8) is 0 Å². The summed E-state index contributed by atoms with van der Waals surface area (Å²) < 4.78 is 7.46. The molecule has 0 radical (unpaired) electrons. The van der Waals surface area contributed by atoms with Crippen LogP contribution >= 0.6 is 0 Å². The van der Waals surface area contributed by atoms with Gasteiger partial charge in [-0.3, -0.25) is 10.2 Å². The van der Waals surface area contributed by atoms with Gasteiger partial charge in [0, 0.05) is 41.6 Å². The van der Waals surface area contributed by atoms with Crippen LogP contribution in [0.5, 0.6) is 0 Å². The molecule has 0 bridgehead atoms. The highest BCUT2D eigenvalue weighted by atomic mass is 16.6. The quantitative estimate of drug-likeness (QED) is 0.154. The molecule has 220 valence electrons. The molecule has 5 rings (SSSR count). The number of carbonyl (C=O) groups is 2. The average molecular weight is 568 g/mol. The minimum atomic E-state index is -0.534. The summed E-state index contributed by atoms with van der Waals surface area (Å²) >= 11 is 0. The molecule has 0 unspecified atom stereocenters. The Balaban J connectivity index is 1.36. The smallest absolute Gasteiger partial charge is 0.407 e. The minimum absolute atomic E-state index is 0.0267. The lowest BCUT2D eigenvalue weighted by molar-refractivity contribution is 0.0487. The molecule has 1 heterocycles. The first-order valence-corrected chi connectivity index (χ1v) is 14.8. The van der Waals surface area contributed by atoms with Crippen LogP contribution in [-0.4, -0.2) is 46.6 Å². The van der Waals surface area contributed by atoms with E-state index >= 15 is 0 Å². The Labute approximate surface area is 247 Å². The number of benzene rings is 3. The van der Waals surface area contributed by atoms with Crippen LogP contribution in [0.2, 0.25) is 0 Å². The molecule has 0 aliphatic heterocycles. The van der Waals surface area contributed by atoms with Gasteiger partial charge in [0.25, 0.3) is 5.91 Å². The van der Waals surface area contributed by atoms with Gasteiger partial charge in [-0.1, -0.05) is 48.5 Å². The number of aromatic nitrogens is 1. The molecule has 0 saturated heterocycles. The van der Waals surface area contributed by atoms with Gasteiger partial charge in [-0.05, 0) is 87.9 Å². The first-order valence-electron chi connectivity index (χ1n) is 14.8. The standard InChI is InChI=1S/C34H41N5O3/c1-5-36-31(35)26-13-12-25-19-30(32(40)37-27-14-16-28(17-15-27)38-33(41)42-34(2,3)4)39(29(25)20-26)21-22-10-11-23-8-6-7-9-24(23)18-22/h6-13,18-20,27-28H,5,14-17,21H2,1-4H3,(H2,35,36)(H,37,40)(H,38,41)/t27-,28-. The number of carbonyl (C=O) groups excluding carboxylic acids is 2. The van der Waals surface area contributed by atoms with Crippen molar-refractivity contribution in [2.45, 2.75) is 77.6 Å². The molecule has 8 nitrogen and oxygen atoms in total. The van der Waals surface area contributed by atoms with Gasteiger partial charge in [0.15, 0.2) is 0 Å². The number of nitrogens with zero attached hydrogens (tertiary/aromatic N) is 1. The van der Waals surface area contributed by atoms with Gasteiger partial charge in [0.1, 0.15) is 17.1 Å². The van der Waals surface area contributed by atoms with E-state index in [1.165, 1.54) is 5.39 Å². The Morgan fingerprint density at radius 3 is 2.24 bits per heavy atom. The highest BCUT2D eigenvalue weighted by Gasteiger charge is 2.27. The first-order chi connectivity index (χ1) is 20.1. The van der Waals surface area contributed by atoms with E-state index in [2.05, 4.69) is 50.8 Å². The van der Waals surface area contributed by atoms with Crippen LogP contribution in [0.1, 0.15) is 75.0 Å². The molecule has 42 heavy (non-hydrogen) atoms. The Morgan fingerprint density at radius 2 is 1.55 bits per heavy atom. The predicted molar refractivity (Wildman–Crippen MR) is 168 cm³/mol. The van der Waals surface area contributed by atoms with Crippen LogP contribution in [0.25, 0.3) is 21.7 Å². The second-order valence-electron chi connectivity index (χ2n) is 12.1. The fraction of sp³-hybridized carbons (Fsp3) is 0.382. The topological polar surface area (TPSA) is 108 Å². The highest BCUT2D eigenvalue weighted by molar-refractivity contribution is 6.03. The van der Waals surface area contributed by atoms with Crippen molar-refractivity contribution in [2.24, 2.45) is 0 Å². The van der Waals surface area contributed by atoms with E-state index in [0.29, 0.717) is 24.6 Å². The molecule has 1 saturated carbocycles. The van der Waals surface area contributed by atoms with E-state index in [-0.39, 0.29) is 18.0 Å². The van der Waals surface area contributed by atoms with Crippen molar-refractivity contribution in [3.05, 3.63) is 83.6 Å².